The number of benzene rings is 3. The first-order valence-corrected chi connectivity index (χ1v) is 5.70. The molecular formula is C16H13. The molecule has 0 aliphatic heterocycles. The van der Waals surface area contributed by atoms with Gasteiger partial charge in [-0.05, 0) is 57.8 Å². The molecule has 0 saturated carbocycles. The highest BCUT2D eigenvalue weighted by molar-refractivity contribution is 5.98. The zero-order valence-electron chi connectivity index (χ0n) is 9.33. The second-order valence-electron chi connectivity index (χ2n) is 4.14. The fraction of sp³-hybridized carbons (Fsp3) is 0.125. The monoisotopic (exact) mass is 205 g/mol. The van der Waals surface area contributed by atoms with Gasteiger partial charge in [0.2, 0.25) is 0 Å². The summed E-state index contributed by atoms with van der Waals surface area (Å²) in [5.74, 6) is 0. The maximum atomic E-state index is 3.33. The van der Waals surface area contributed by atoms with Crippen molar-refractivity contribution in [2.24, 2.45) is 0 Å². The van der Waals surface area contributed by atoms with Crippen LogP contribution in [0.4, 0.5) is 0 Å². The van der Waals surface area contributed by atoms with Gasteiger partial charge in [0.1, 0.15) is 0 Å². The van der Waals surface area contributed by atoms with Gasteiger partial charge in [0, 0.05) is 0 Å². The standard InChI is InChI=1S/C16H13/c1-2-12-7-8-15-10-13-5-3-4-6-14(13)11-16(15)9-12/h3-6,8-11H,2H2,1H3. The fourth-order valence-corrected chi connectivity index (χ4v) is 2.13. The maximum Gasteiger partial charge on any atom is -0.0143 e. The molecule has 0 unspecified atom stereocenters. The first kappa shape index (κ1) is 9.41. The molecule has 0 heterocycles. The van der Waals surface area contributed by atoms with E-state index in [2.05, 4.69) is 61.5 Å². The van der Waals surface area contributed by atoms with Crippen molar-refractivity contribution >= 4 is 21.5 Å². The van der Waals surface area contributed by atoms with E-state index in [9.17, 15) is 0 Å². The predicted octanol–water partition coefficient (Wildman–Crippen LogP) is 4.36. The highest BCUT2D eigenvalue weighted by Gasteiger charge is 1.98. The molecule has 0 atom stereocenters. The highest BCUT2D eigenvalue weighted by Crippen LogP contribution is 2.23. The number of fused-ring (bicyclic) bond motifs is 2. The van der Waals surface area contributed by atoms with Gasteiger partial charge >= 0.3 is 0 Å². The molecule has 0 amide bonds. The van der Waals surface area contributed by atoms with Crippen LogP contribution in [0.1, 0.15) is 12.5 Å². The van der Waals surface area contributed by atoms with Crippen molar-refractivity contribution in [2.45, 2.75) is 13.3 Å². The van der Waals surface area contributed by atoms with Gasteiger partial charge in [-0.1, -0.05) is 37.3 Å². The molecule has 0 saturated heterocycles. The van der Waals surface area contributed by atoms with Gasteiger partial charge in [-0.2, -0.15) is 0 Å². The Kier molecular flexibility index (Phi) is 2.14. The first-order valence-electron chi connectivity index (χ1n) is 5.70. The number of hydrogen-bond acceptors (Lipinski definition) is 0. The molecule has 0 aliphatic carbocycles. The lowest BCUT2D eigenvalue weighted by molar-refractivity contribution is 1.14. The summed E-state index contributed by atoms with van der Waals surface area (Å²) < 4.78 is 0. The Morgan fingerprint density at radius 2 is 1.56 bits per heavy atom. The lowest BCUT2D eigenvalue weighted by Crippen LogP contribution is -1.81. The normalized spacial score (nSPS) is 11.1. The van der Waals surface area contributed by atoms with Crippen LogP contribution in [-0.4, -0.2) is 0 Å². The van der Waals surface area contributed by atoms with Crippen molar-refractivity contribution in [3.63, 3.8) is 0 Å². The van der Waals surface area contributed by atoms with Gasteiger partial charge in [-0.25, -0.2) is 0 Å². The van der Waals surface area contributed by atoms with Gasteiger partial charge < -0.3 is 0 Å². The van der Waals surface area contributed by atoms with E-state index >= 15 is 0 Å². The SMILES string of the molecule is CCc1[c]cc2cc3ccccc3cc2c1. The maximum absolute atomic E-state index is 3.33. The van der Waals surface area contributed by atoms with E-state index in [1.165, 1.54) is 27.1 Å². The minimum absolute atomic E-state index is 1.04. The molecule has 3 rings (SSSR count). The average Bonchev–Trinajstić information content (AvgIpc) is 2.35. The minimum Gasteiger partial charge on any atom is -0.0616 e. The van der Waals surface area contributed by atoms with Crippen LogP contribution in [0.3, 0.4) is 0 Å². The zero-order chi connectivity index (χ0) is 11.0. The van der Waals surface area contributed by atoms with Crippen molar-refractivity contribution in [3.05, 3.63) is 60.2 Å². The van der Waals surface area contributed by atoms with E-state index in [-0.39, 0.29) is 0 Å². The summed E-state index contributed by atoms with van der Waals surface area (Å²) in [7, 11) is 0. The van der Waals surface area contributed by atoms with Crippen LogP contribution in [0.25, 0.3) is 21.5 Å². The molecular weight excluding hydrogens is 192 g/mol. The third kappa shape index (κ3) is 1.47. The molecule has 16 heavy (non-hydrogen) atoms. The molecule has 0 heteroatoms. The highest BCUT2D eigenvalue weighted by atomic mass is 14.0. The van der Waals surface area contributed by atoms with E-state index in [1.807, 2.05) is 0 Å². The second-order valence-corrected chi connectivity index (χ2v) is 4.14. The molecule has 0 spiro atoms. The Balaban J connectivity index is 2.37. The Morgan fingerprint density at radius 3 is 2.25 bits per heavy atom. The van der Waals surface area contributed by atoms with Crippen molar-refractivity contribution in [3.8, 4) is 0 Å². The Labute approximate surface area is 95.5 Å². The third-order valence-corrected chi connectivity index (χ3v) is 3.08. The predicted molar refractivity (Wildman–Crippen MR) is 69.7 cm³/mol. The van der Waals surface area contributed by atoms with E-state index < -0.39 is 0 Å². The van der Waals surface area contributed by atoms with E-state index in [0.717, 1.165) is 6.42 Å². The molecule has 0 bridgehead atoms. The Morgan fingerprint density at radius 1 is 0.875 bits per heavy atom. The van der Waals surface area contributed by atoms with Crippen molar-refractivity contribution < 1.29 is 0 Å². The van der Waals surface area contributed by atoms with Gasteiger partial charge in [0.15, 0.2) is 0 Å². The van der Waals surface area contributed by atoms with Crippen LogP contribution in [-0.2, 0) is 6.42 Å². The van der Waals surface area contributed by atoms with Crippen LogP contribution in [0.5, 0.6) is 0 Å². The molecule has 0 fully saturated rings. The summed E-state index contributed by atoms with van der Waals surface area (Å²) >= 11 is 0. The molecule has 0 nitrogen and oxygen atoms in total. The Bertz CT molecular complexity index is 650. The quantitative estimate of drug-likeness (QED) is 0.518. The van der Waals surface area contributed by atoms with Crippen LogP contribution in [0, 0.1) is 6.07 Å². The molecule has 3 aromatic carbocycles. The number of hydrogen-bond donors (Lipinski definition) is 0. The molecule has 77 valence electrons. The van der Waals surface area contributed by atoms with Crippen LogP contribution < -0.4 is 0 Å². The van der Waals surface area contributed by atoms with Crippen molar-refractivity contribution in [1.29, 1.82) is 0 Å². The lowest BCUT2D eigenvalue weighted by atomic mass is 10.0. The molecule has 0 aliphatic rings. The van der Waals surface area contributed by atoms with Crippen LogP contribution >= 0.6 is 0 Å². The second kappa shape index (κ2) is 3.64. The Hall–Kier alpha value is -1.82. The van der Waals surface area contributed by atoms with E-state index in [0.29, 0.717) is 0 Å². The first-order chi connectivity index (χ1) is 7.86. The van der Waals surface area contributed by atoms with Gasteiger partial charge in [0.05, 0.1) is 0 Å². The summed E-state index contributed by atoms with van der Waals surface area (Å²) in [6.45, 7) is 2.17. The van der Waals surface area contributed by atoms with Crippen LogP contribution in [0.15, 0.2) is 48.5 Å². The van der Waals surface area contributed by atoms with E-state index in [1.54, 1.807) is 0 Å². The van der Waals surface area contributed by atoms with Gasteiger partial charge in [0.25, 0.3) is 0 Å². The largest absolute Gasteiger partial charge is 0.0616 e. The molecule has 1 radical (unpaired) electrons. The van der Waals surface area contributed by atoms with Crippen LogP contribution in [0.2, 0.25) is 0 Å². The van der Waals surface area contributed by atoms with Crippen molar-refractivity contribution in [1.82, 2.24) is 0 Å². The number of rotatable bonds is 1. The zero-order valence-corrected chi connectivity index (χ0v) is 9.33. The third-order valence-electron chi connectivity index (χ3n) is 3.08. The fourth-order valence-electron chi connectivity index (χ4n) is 2.13. The minimum atomic E-state index is 1.04. The smallest absolute Gasteiger partial charge is 0.0143 e. The van der Waals surface area contributed by atoms with Crippen molar-refractivity contribution in [2.75, 3.05) is 0 Å². The summed E-state index contributed by atoms with van der Waals surface area (Å²) in [5, 5.41) is 5.20. The van der Waals surface area contributed by atoms with Gasteiger partial charge in [-0.3, -0.25) is 0 Å². The van der Waals surface area contributed by atoms with Gasteiger partial charge in [-0.15, -0.1) is 0 Å². The molecule has 3 aromatic rings. The summed E-state index contributed by atoms with van der Waals surface area (Å²) in [6.07, 6.45) is 1.04. The summed E-state index contributed by atoms with van der Waals surface area (Å²) in [4.78, 5) is 0. The summed E-state index contributed by atoms with van der Waals surface area (Å²) in [5.41, 5.74) is 1.28. The summed E-state index contributed by atoms with van der Waals surface area (Å²) in [6, 6.07) is 20.6. The lowest BCUT2D eigenvalue weighted by Gasteiger charge is -2.03. The average molecular weight is 205 g/mol. The topological polar surface area (TPSA) is 0 Å². The molecule has 0 aromatic heterocycles. The molecule has 0 N–H and O–H groups in total. The van der Waals surface area contributed by atoms with E-state index in [4.69, 9.17) is 0 Å². The number of aryl methyl sites for hydroxylation is 1.